The predicted molar refractivity (Wildman–Crippen MR) is 147 cm³/mol. The maximum atomic E-state index is 12.8. The lowest BCUT2D eigenvalue weighted by atomic mass is 9.70. The lowest BCUT2D eigenvalue weighted by Crippen LogP contribution is -2.48. The van der Waals surface area contributed by atoms with Crippen molar-refractivity contribution in [3.05, 3.63) is 64.3 Å². The molecule has 38 heavy (non-hydrogen) atoms. The Morgan fingerprint density at radius 1 is 1.18 bits per heavy atom. The molecule has 0 saturated heterocycles. The van der Waals surface area contributed by atoms with Crippen LogP contribution < -0.4 is 9.64 Å². The monoisotopic (exact) mass is 537 g/mol. The van der Waals surface area contributed by atoms with Crippen LogP contribution >= 0.6 is 11.6 Å². The van der Waals surface area contributed by atoms with Crippen LogP contribution in [-0.4, -0.2) is 65.4 Å². The zero-order valence-electron chi connectivity index (χ0n) is 21.9. The number of aromatic nitrogens is 1. The summed E-state index contributed by atoms with van der Waals surface area (Å²) in [7, 11) is 1.75. The summed E-state index contributed by atoms with van der Waals surface area (Å²) in [5.41, 5.74) is 2.83. The Labute approximate surface area is 229 Å². The number of aliphatic hydroxyl groups is 2. The quantitative estimate of drug-likeness (QED) is 0.493. The van der Waals surface area contributed by atoms with Gasteiger partial charge in [-0.05, 0) is 79.3 Å². The molecule has 7 nitrogen and oxygen atoms in total. The van der Waals surface area contributed by atoms with Gasteiger partial charge in [0.1, 0.15) is 6.10 Å². The lowest BCUT2D eigenvalue weighted by Gasteiger charge is -2.43. The molecule has 2 aliphatic carbocycles. The van der Waals surface area contributed by atoms with Crippen molar-refractivity contribution in [2.24, 2.45) is 11.8 Å². The number of hydrogen-bond acceptors (Lipinski definition) is 6. The average molecular weight is 538 g/mol. The fourth-order valence-electron chi connectivity index (χ4n) is 6.69. The normalized spacial score (nSPS) is 32.2. The second-order valence-electron chi connectivity index (χ2n) is 11.6. The molecule has 1 aromatic carbocycles. The second kappa shape index (κ2) is 10.2. The van der Waals surface area contributed by atoms with Gasteiger partial charge in [0, 0.05) is 37.1 Å². The van der Waals surface area contributed by atoms with Crippen molar-refractivity contribution in [3.8, 4) is 5.75 Å². The van der Waals surface area contributed by atoms with Gasteiger partial charge < -0.3 is 24.7 Å². The largest absolute Gasteiger partial charge is 0.489 e. The van der Waals surface area contributed by atoms with Gasteiger partial charge in [0.25, 0.3) is 0 Å². The first-order valence-corrected chi connectivity index (χ1v) is 14.2. The van der Waals surface area contributed by atoms with E-state index in [-0.39, 0.29) is 23.7 Å². The Kier molecular flexibility index (Phi) is 6.87. The number of aryl methyl sites for hydroxylation is 1. The molecule has 202 valence electrons. The van der Waals surface area contributed by atoms with Crippen molar-refractivity contribution in [2.75, 3.05) is 38.2 Å². The molecule has 5 atom stereocenters. The van der Waals surface area contributed by atoms with Gasteiger partial charge in [-0.1, -0.05) is 29.8 Å². The molecule has 2 bridgehead atoms. The molecule has 5 unspecified atom stereocenters. The smallest absolute Gasteiger partial charge is 0.225 e. The molecular formula is C30H36ClN3O4. The highest BCUT2D eigenvalue weighted by atomic mass is 35.5. The third kappa shape index (κ3) is 4.69. The standard InChI is InChI=1S/C30H36ClN3O4/c1-33-13-3-2-4-25(35)22-7-5-20(22)16-34-17-30(12-11-19-14-21(31)6-8-23(19)30)18-38-27-10-9-24(32-29(27)34)26(36)15-28(33)37/h2,4,6,8-10,14,20,22,25-26,35-36H,3,5,7,11-13,15-18H2,1H3/b4-2+. The number of halogens is 1. The first-order chi connectivity index (χ1) is 18.3. The van der Waals surface area contributed by atoms with Crippen molar-refractivity contribution in [1.29, 1.82) is 0 Å². The first-order valence-electron chi connectivity index (χ1n) is 13.8. The Morgan fingerprint density at radius 2 is 2.05 bits per heavy atom. The topological polar surface area (TPSA) is 86.1 Å². The van der Waals surface area contributed by atoms with Gasteiger partial charge in [0.05, 0.1) is 24.8 Å². The van der Waals surface area contributed by atoms with Crippen LogP contribution in [0.5, 0.6) is 5.75 Å². The van der Waals surface area contributed by atoms with Crippen LogP contribution in [-0.2, 0) is 16.6 Å². The van der Waals surface area contributed by atoms with E-state index in [1.54, 1.807) is 18.0 Å². The summed E-state index contributed by atoms with van der Waals surface area (Å²) >= 11 is 6.33. The van der Waals surface area contributed by atoms with Crippen LogP contribution in [0.25, 0.3) is 0 Å². The van der Waals surface area contributed by atoms with Crippen LogP contribution in [0, 0.1) is 11.8 Å². The summed E-state index contributed by atoms with van der Waals surface area (Å²) < 4.78 is 6.46. The molecule has 1 saturated carbocycles. The molecule has 1 fully saturated rings. The molecule has 2 N–H and O–H groups in total. The van der Waals surface area contributed by atoms with Gasteiger partial charge in [-0.2, -0.15) is 0 Å². The summed E-state index contributed by atoms with van der Waals surface area (Å²) in [5.74, 6) is 1.79. The average Bonchev–Trinajstić information content (AvgIpc) is 3.14. The van der Waals surface area contributed by atoms with Crippen molar-refractivity contribution >= 4 is 23.3 Å². The van der Waals surface area contributed by atoms with Gasteiger partial charge in [-0.3, -0.25) is 4.79 Å². The van der Waals surface area contributed by atoms with Crippen LogP contribution in [0.4, 0.5) is 5.82 Å². The van der Waals surface area contributed by atoms with Gasteiger partial charge in [-0.15, -0.1) is 0 Å². The number of carbonyl (C=O) groups excluding carboxylic acids is 1. The highest BCUT2D eigenvalue weighted by Crippen LogP contribution is 2.47. The Morgan fingerprint density at radius 3 is 2.87 bits per heavy atom. The maximum Gasteiger partial charge on any atom is 0.225 e. The minimum absolute atomic E-state index is 0.0295. The number of fused-ring (bicyclic) bond motifs is 4. The molecule has 0 radical (unpaired) electrons. The second-order valence-corrected chi connectivity index (χ2v) is 12.0. The minimum atomic E-state index is -0.995. The highest BCUT2D eigenvalue weighted by Gasteiger charge is 2.45. The van der Waals surface area contributed by atoms with Crippen LogP contribution in [0.3, 0.4) is 0 Å². The summed E-state index contributed by atoms with van der Waals surface area (Å²) in [6.07, 6.45) is 6.96. The third-order valence-corrected chi connectivity index (χ3v) is 9.37. The number of benzene rings is 1. The van der Waals surface area contributed by atoms with E-state index in [1.165, 1.54) is 11.1 Å². The molecule has 6 rings (SSSR count). The summed E-state index contributed by atoms with van der Waals surface area (Å²) in [6.45, 7) is 2.57. The Balaban J connectivity index is 1.39. The van der Waals surface area contributed by atoms with E-state index in [0.29, 0.717) is 42.8 Å². The minimum Gasteiger partial charge on any atom is -0.489 e. The van der Waals surface area contributed by atoms with E-state index in [4.69, 9.17) is 21.3 Å². The molecule has 1 amide bonds. The number of amides is 1. The predicted octanol–water partition coefficient (Wildman–Crippen LogP) is 4.05. The van der Waals surface area contributed by atoms with Gasteiger partial charge in [0.2, 0.25) is 5.91 Å². The lowest BCUT2D eigenvalue weighted by molar-refractivity contribution is -0.132. The van der Waals surface area contributed by atoms with Gasteiger partial charge >= 0.3 is 0 Å². The summed E-state index contributed by atoms with van der Waals surface area (Å²) in [5, 5.41) is 22.7. The summed E-state index contributed by atoms with van der Waals surface area (Å²) in [4.78, 5) is 21.6. The van der Waals surface area contributed by atoms with Crippen molar-refractivity contribution < 1.29 is 19.7 Å². The summed E-state index contributed by atoms with van der Waals surface area (Å²) in [6, 6.07) is 9.84. The molecule has 1 spiro atoms. The fourth-order valence-corrected chi connectivity index (χ4v) is 6.88. The first kappa shape index (κ1) is 25.7. The fraction of sp³-hybridized carbons (Fsp3) is 0.533. The number of rotatable bonds is 0. The number of hydrogen-bond donors (Lipinski definition) is 2. The van der Waals surface area contributed by atoms with Crippen LogP contribution in [0.1, 0.15) is 55.0 Å². The molecular weight excluding hydrogens is 502 g/mol. The SMILES string of the molecule is CN1CC/C=C/C(O)C2CCC2CN2CC3(CCc4cc(Cl)ccc43)COc3ccc(nc32)C(O)CC1=O. The number of anilines is 1. The molecule has 4 aliphatic rings. The van der Waals surface area contributed by atoms with E-state index in [1.807, 2.05) is 24.3 Å². The molecule has 1 aromatic heterocycles. The van der Waals surface area contributed by atoms with Crippen molar-refractivity contribution in [3.63, 3.8) is 0 Å². The Hall–Kier alpha value is -2.61. The molecule has 2 aliphatic heterocycles. The van der Waals surface area contributed by atoms with Crippen molar-refractivity contribution in [2.45, 2.75) is 56.1 Å². The Bertz CT molecular complexity index is 1250. The van der Waals surface area contributed by atoms with E-state index in [9.17, 15) is 15.0 Å². The number of nitrogens with zero attached hydrogens (tertiary/aromatic N) is 3. The number of aliphatic hydroxyl groups excluding tert-OH is 2. The number of carbonyl (C=O) groups is 1. The zero-order chi connectivity index (χ0) is 26.4. The number of ether oxygens (including phenoxy) is 1. The highest BCUT2D eigenvalue weighted by molar-refractivity contribution is 6.30. The van der Waals surface area contributed by atoms with E-state index in [0.717, 1.165) is 43.8 Å². The van der Waals surface area contributed by atoms with Crippen LogP contribution in [0.15, 0.2) is 42.5 Å². The van der Waals surface area contributed by atoms with E-state index >= 15 is 0 Å². The molecule has 3 heterocycles. The number of pyridine rings is 1. The van der Waals surface area contributed by atoms with Crippen LogP contribution in [0.2, 0.25) is 5.02 Å². The van der Waals surface area contributed by atoms with E-state index in [2.05, 4.69) is 17.0 Å². The molecule has 8 heteroatoms. The zero-order valence-corrected chi connectivity index (χ0v) is 22.6. The third-order valence-electron chi connectivity index (χ3n) is 9.14. The van der Waals surface area contributed by atoms with E-state index < -0.39 is 12.2 Å². The van der Waals surface area contributed by atoms with Gasteiger partial charge in [0.15, 0.2) is 11.6 Å². The maximum absolute atomic E-state index is 12.8. The van der Waals surface area contributed by atoms with Crippen molar-refractivity contribution in [1.82, 2.24) is 9.88 Å². The molecule has 2 aromatic rings. The van der Waals surface area contributed by atoms with Gasteiger partial charge in [-0.25, -0.2) is 4.98 Å².